The third kappa shape index (κ3) is 3.59. The predicted molar refractivity (Wildman–Crippen MR) is 83.3 cm³/mol. The zero-order chi connectivity index (χ0) is 18.2. The topological polar surface area (TPSA) is 62.5 Å². The van der Waals surface area contributed by atoms with Crippen LogP contribution >= 0.6 is 0 Å². The van der Waals surface area contributed by atoms with Crippen LogP contribution in [0.3, 0.4) is 0 Å². The van der Waals surface area contributed by atoms with Crippen molar-refractivity contribution in [1.29, 1.82) is 0 Å². The lowest BCUT2D eigenvalue weighted by molar-refractivity contribution is -0.141. The highest BCUT2D eigenvalue weighted by Crippen LogP contribution is 2.28. The monoisotopic (exact) mass is 354 g/mol. The summed E-state index contributed by atoms with van der Waals surface area (Å²) in [6.45, 7) is 4.98. The summed E-state index contributed by atoms with van der Waals surface area (Å²) in [5, 5.41) is 0. The lowest BCUT2D eigenvalue weighted by atomic mass is 10.2. The molecule has 1 aliphatic rings. The molecule has 0 radical (unpaired) electrons. The van der Waals surface area contributed by atoms with Gasteiger partial charge in [0.25, 0.3) is 5.91 Å². The lowest BCUT2D eigenvalue weighted by Gasteiger charge is -2.34. The van der Waals surface area contributed by atoms with Gasteiger partial charge in [0.15, 0.2) is 0 Å². The third-order valence-corrected chi connectivity index (χ3v) is 4.05. The molecule has 0 aromatic carbocycles. The molecule has 2 aromatic rings. The number of amides is 1. The summed E-state index contributed by atoms with van der Waals surface area (Å²) in [4.78, 5) is 23.3. The van der Waals surface area contributed by atoms with Crippen molar-refractivity contribution in [2.75, 3.05) is 31.1 Å². The molecule has 1 saturated heterocycles. The number of nitrogens with zero attached hydrogens (tertiary/aromatic N) is 4. The molecule has 0 bridgehead atoms. The summed E-state index contributed by atoms with van der Waals surface area (Å²) in [5.74, 6) is 1.11. The van der Waals surface area contributed by atoms with Crippen molar-refractivity contribution in [3.63, 3.8) is 0 Å². The number of furan rings is 1. The minimum Gasteiger partial charge on any atom is -0.466 e. The summed E-state index contributed by atoms with van der Waals surface area (Å²) in [6, 6.07) is 2.53. The maximum atomic E-state index is 12.8. The first-order chi connectivity index (χ1) is 11.8. The second-order valence-electron chi connectivity index (χ2n) is 5.85. The minimum atomic E-state index is -4.51. The van der Waals surface area contributed by atoms with Crippen LogP contribution in [0.2, 0.25) is 0 Å². The fourth-order valence-electron chi connectivity index (χ4n) is 2.78. The van der Waals surface area contributed by atoms with Gasteiger partial charge in [-0.15, -0.1) is 0 Å². The molecule has 6 nitrogen and oxygen atoms in total. The van der Waals surface area contributed by atoms with Gasteiger partial charge in [-0.1, -0.05) is 0 Å². The Balaban J connectivity index is 1.68. The molecular formula is C16H17F3N4O2. The number of anilines is 1. The minimum absolute atomic E-state index is 0.0252. The molecule has 1 aliphatic heterocycles. The zero-order valence-electron chi connectivity index (χ0n) is 13.8. The zero-order valence-corrected chi connectivity index (χ0v) is 13.8. The Hall–Kier alpha value is -2.58. The van der Waals surface area contributed by atoms with E-state index in [4.69, 9.17) is 4.42 Å². The number of rotatable bonds is 2. The Morgan fingerprint density at radius 1 is 1.20 bits per heavy atom. The van der Waals surface area contributed by atoms with Gasteiger partial charge in [-0.2, -0.15) is 13.2 Å². The van der Waals surface area contributed by atoms with Crippen LogP contribution in [0.15, 0.2) is 22.7 Å². The molecule has 0 aliphatic carbocycles. The molecule has 25 heavy (non-hydrogen) atoms. The number of aromatic nitrogens is 2. The van der Waals surface area contributed by atoms with Crippen LogP contribution in [-0.4, -0.2) is 47.0 Å². The number of aryl methyl sites for hydroxylation is 2. The van der Waals surface area contributed by atoms with Crippen molar-refractivity contribution in [3.8, 4) is 0 Å². The lowest BCUT2D eigenvalue weighted by Crippen LogP contribution is -2.49. The Labute approximate surface area is 142 Å². The van der Waals surface area contributed by atoms with Gasteiger partial charge in [-0.3, -0.25) is 4.79 Å². The maximum absolute atomic E-state index is 12.8. The molecule has 0 atom stereocenters. The molecular weight excluding hydrogens is 337 g/mol. The molecule has 0 unspecified atom stereocenters. The van der Waals surface area contributed by atoms with Crippen LogP contribution in [0, 0.1) is 13.8 Å². The van der Waals surface area contributed by atoms with Gasteiger partial charge >= 0.3 is 6.18 Å². The summed E-state index contributed by atoms with van der Waals surface area (Å²) in [6.07, 6.45) is -3.41. The van der Waals surface area contributed by atoms with E-state index in [1.165, 1.54) is 0 Å². The molecule has 0 N–H and O–H groups in total. The van der Waals surface area contributed by atoms with Crippen LogP contribution in [0.4, 0.5) is 19.1 Å². The molecule has 3 heterocycles. The molecule has 9 heteroatoms. The Morgan fingerprint density at radius 3 is 2.44 bits per heavy atom. The molecule has 134 valence electrons. The van der Waals surface area contributed by atoms with Crippen LogP contribution in [0.1, 0.15) is 27.6 Å². The highest BCUT2D eigenvalue weighted by atomic mass is 19.4. The standard InChI is InChI=1S/C16H17F3N4O2/c1-10-9-12(11(2)25-10)14(24)22-5-7-23(8-6-22)15-20-4-3-13(21-15)16(17,18)19/h3-4,9H,5-8H2,1-2H3. The van der Waals surface area contributed by atoms with E-state index in [2.05, 4.69) is 9.97 Å². The summed E-state index contributed by atoms with van der Waals surface area (Å²) in [7, 11) is 0. The fourth-order valence-corrected chi connectivity index (χ4v) is 2.78. The van der Waals surface area contributed by atoms with Crippen LogP contribution < -0.4 is 4.90 Å². The summed E-state index contributed by atoms with van der Waals surface area (Å²) in [5.41, 5.74) is -0.457. The molecule has 3 rings (SSSR count). The third-order valence-electron chi connectivity index (χ3n) is 4.05. The van der Waals surface area contributed by atoms with E-state index in [-0.39, 0.29) is 11.9 Å². The van der Waals surface area contributed by atoms with Crippen molar-refractivity contribution >= 4 is 11.9 Å². The molecule has 0 saturated carbocycles. The van der Waals surface area contributed by atoms with Crippen LogP contribution in [-0.2, 0) is 6.18 Å². The number of carbonyl (C=O) groups excluding carboxylic acids is 1. The second-order valence-corrected chi connectivity index (χ2v) is 5.85. The second kappa shape index (κ2) is 6.38. The number of hydrogen-bond acceptors (Lipinski definition) is 5. The van der Waals surface area contributed by atoms with E-state index in [1.54, 1.807) is 29.7 Å². The van der Waals surface area contributed by atoms with Crippen LogP contribution in [0.5, 0.6) is 0 Å². The van der Waals surface area contributed by atoms with Gasteiger partial charge in [0.05, 0.1) is 5.56 Å². The molecule has 1 amide bonds. The number of piperazine rings is 1. The predicted octanol–water partition coefficient (Wildman–Crippen LogP) is 2.67. The fraction of sp³-hybridized carbons (Fsp3) is 0.438. The van der Waals surface area contributed by atoms with E-state index in [1.807, 2.05) is 0 Å². The SMILES string of the molecule is Cc1cc(C(=O)N2CCN(c3nccc(C(F)(F)F)n3)CC2)c(C)o1. The van der Waals surface area contributed by atoms with E-state index >= 15 is 0 Å². The first kappa shape index (κ1) is 17.2. The molecule has 2 aromatic heterocycles. The largest absolute Gasteiger partial charge is 0.466 e. The van der Waals surface area contributed by atoms with Crippen molar-refractivity contribution in [2.24, 2.45) is 0 Å². The maximum Gasteiger partial charge on any atom is 0.433 e. The summed E-state index contributed by atoms with van der Waals surface area (Å²) >= 11 is 0. The van der Waals surface area contributed by atoms with Gasteiger partial charge in [0.1, 0.15) is 17.2 Å². The average Bonchev–Trinajstić information content (AvgIpc) is 2.92. The van der Waals surface area contributed by atoms with Crippen molar-refractivity contribution in [3.05, 3.63) is 41.1 Å². The summed E-state index contributed by atoms with van der Waals surface area (Å²) < 4.78 is 43.7. The van der Waals surface area contributed by atoms with Gasteiger partial charge in [-0.05, 0) is 26.0 Å². The van der Waals surface area contributed by atoms with Gasteiger partial charge in [0, 0.05) is 32.4 Å². The van der Waals surface area contributed by atoms with Crippen molar-refractivity contribution < 1.29 is 22.4 Å². The Kier molecular flexibility index (Phi) is 4.40. The number of halogens is 3. The van der Waals surface area contributed by atoms with Crippen molar-refractivity contribution in [1.82, 2.24) is 14.9 Å². The molecule has 0 spiro atoms. The first-order valence-corrected chi connectivity index (χ1v) is 7.77. The Bertz CT molecular complexity index is 780. The van der Waals surface area contributed by atoms with E-state index in [0.29, 0.717) is 43.3 Å². The first-order valence-electron chi connectivity index (χ1n) is 7.77. The highest BCUT2D eigenvalue weighted by Gasteiger charge is 2.34. The van der Waals surface area contributed by atoms with Gasteiger partial charge < -0.3 is 14.2 Å². The number of hydrogen-bond donors (Lipinski definition) is 0. The quantitative estimate of drug-likeness (QED) is 0.830. The van der Waals surface area contributed by atoms with E-state index in [0.717, 1.165) is 12.3 Å². The number of carbonyl (C=O) groups is 1. The normalized spacial score (nSPS) is 15.6. The van der Waals surface area contributed by atoms with Crippen molar-refractivity contribution in [2.45, 2.75) is 20.0 Å². The van der Waals surface area contributed by atoms with Crippen LogP contribution in [0.25, 0.3) is 0 Å². The Morgan fingerprint density at radius 2 is 1.88 bits per heavy atom. The number of alkyl halides is 3. The highest BCUT2D eigenvalue weighted by molar-refractivity contribution is 5.95. The van der Waals surface area contributed by atoms with E-state index < -0.39 is 11.9 Å². The van der Waals surface area contributed by atoms with Gasteiger partial charge in [-0.25, -0.2) is 9.97 Å². The average molecular weight is 354 g/mol. The van der Waals surface area contributed by atoms with E-state index in [9.17, 15) is 18.0 Å². The smallest absolute Gasteiger partial charge is 0.433 e. The van der Waals surface area contributed by atoms with Gasteiger partial charge in [0.2, 0.25) is 5.95 Å². The molecule has 1 fully saturated rings.